The largest absolute Gasteiger partial charge is 0.294 e. The highest BCUT2D eigenvalue weighted by atomic mass is 15.2. The van der Waals surface area contributed by atoms with Crippen molar-refractivity contribution in [1.82, 2.24) is 19.1 Å². The Morgan fingerprint density at radius 3 is 1.86 bits per heavy atom. The van der Waals surface area contributed by atoms with Gasteiger partial charge in [0.15, 0.2) is 0 Å². The SMILES string of the molecule is CC1(C)c2ccccc2-c2c1n(-c1nccc(-n3c4ccccc4c4ccccc43)n1)c1ccccc21. The molecule has 3 heterocycles. The molecular formula is C33H24N4. The van der Waals surface area contributed by atoms with Crippen molar-refractivity contribution in [3.63, 3.8) is 0 Å². The van der Waals surface area contributed by atoms with Crippen molar-refractivity contribution in [2.24, 2.45) is 0 Å². The molecule has 0 radical (unpaired) electrons. The highest BCUT2D eigenvalue weighted by Gasteiger charge is 2.41. The summed E-state index contributed by atoms with van der Waals surface area (Å²) in [6, 6.07) is 36.5. The summed E-state index contributed by atoms with van der Waals surface area (Å²) in [6.07, 6.45) is 1.89. The summed E-state index contributed by atoms with van der Waals surface area (Å²) in [5.41, 5.74) is 8.42. The summed E-state index contributed by atoms with van der Waals surface area (Å²) in [7, 11) is 0. The van der Waals surface area contributed by atoms with Crippen LogP contribution < -0.4 is 0 Å². The van der Waals surface area contributed by atoms with Crippen molar-refractivity contribution in [3.05, 3.63) is 121 Å². The molecule has 7 aromatic rings. The van der Waals surface area contributed by atoms with Gasteiger partial charge in [0.25, 0.3) is 0 Å². The lowest BCUT2D eigenvalue weighted by atomic mass is 9.85. The minimum absolute atomic E-state index is 0.183. The van der Waals surface area contributed by atoms with E-state index < -0.39 is 0 Å². The van der Waals surface area contributed by atoms with E-state index in [0.29, 0.717) is 5.95 Å². The maximum atomic E-state index is 5.23. The van der Waals surface area contributed by atoms with Gasteiger partial charge in [-0.25, -0.2) is 4.98 Å². The fourth-order valence-electron chi connectivity index (χ4n) is 6.43. The van der Waals surface area contributed by atoms with Gasteiger partial charge in [0, 0.05) is 39.0 Å². The Morgan fingerprint density at radius 2 is 1.16 bits per heavy atom. The Hall–Kier alpha value is -4.70. The molecule has 0 atom stereocenters. The van der Waals surface area contributed by atoms with Gasteiger partial charge < -0.3 is 0 Å². The number of fused-ring (bicyclic) bond motifs is 8. The smallest absolute Gasteiger partial charge is 0.236 e. The Kier molecular flexibility index (Phi) is 3.97. The second-order valence-corrected chi connectivity index (χ2v) is 10.3. The van der Waals surface area contributed by atoms with E-state index in [9.17, 15) is 0 Å². The van der Waals surface area contributed by atoms with Gasteiger partial charge in [-0.1, -0.05) is 92.7 Å². The van der Waals surface area contributed by atoms with E-state index >= 15 is 0 Å². The van der Waals surface area contributed by atoms with Crippen molar-refractivity contribution in [1.29, 1.82) is 0 Å². The summed E-state index contributed by atoms with van der Waals surface area (Å²) in [6.45, 7) is 4.62. The number of hydrogen-bond acceptors (Lipinski definition) is 2. The second kappa shape index (κ2) is 7.17. The standard InChI is InChI=1S/C33H24N4/c1-33(2)25-15-7-3-13-23(25)30-24-14-6-10-18-28(24)37(31(30)33)32-34-20-19-29(35-32)36-26-16-8-4-11-21(26)22-12-5-9-17-27(22)36/h3-20H,1-2H3. The zero-order valence-electron chi connectivity index (χ0n) is 20.7. The van der Waals surface area contributed by atoms with Crippen LogP contribution in [0.5, 0.6) is 0 Å². The van der Waals surface area contributed by atoms with Crippen molar-refractivity contribution in [2.75, 3.05) is 0 Å². The third-order valence-electron chi connectivity index (χ3n) is 7.97. The molecule has 1 aliphatic carbocycles. The Morgan fingerprint density at radius 1 is 0.595 bits per heavy atom. The first-order valence-electron chi connectivity index (χ1n) is 12.7. The zero-order chi connectivity index (χ0) is 24.7. The summed E-state index contributed by atoms with van der Waals surface area (Å²) >= 11 is 0. The molecule has 0 bridgehead atoms. The van der Waals surface area contributed by atoms with E-state index in [0.717, 1.165) is 22.4 Å². The molecule has 0 fully saturated rings. The van der Waals surface area contributed by atoms with Crippen LogP contribution in [0.3, 0.4) is 0 Å². The van der Waals surface area contributed by atoms with Gasteiger partial charge in [-0.05, 0) is 35.4 Å². The van der Waals surface area contributed by atoms with Crippen LogP contribution in [0.4, 0.5) is 0 Å². The average molecular weight is 477 g/mol. The van der Waals surface area contributed by atoms with Crippen molar-refractivity contribution in [3.8, 4) is 22.9 Å². The normalized spacial score (nSPS) is 13.9. The number of benzene rings is 4. The molecule has 0 unspecified atom stereocenters. The van der Waals surface area contributed by atoms with Gasteiger partial charge >= 0.3 is 0 Å². The molecule has 0 N–H and O–H groups in total. The van der Waals surface area contributed by atoms with Crippen LogP contribution >= 0.6 is 0 Å². The van der Waals surface area contributed by atoms with Gasteiger partial charge in [0.05, 0.1) is 16.6 Å². The molecule has 4 heteroatoms. The van der Waals surface area contributed by atoms with Gasteiger partial charge in [-0.15, -0.1) is 0 Å². The lowest BCUT2D eigenvalue weighted by Gasteiger charge is -2.24. The summed E-state index contributed by atoms with van der Waals surface area (Å²) in [5.74, 6) is 1.56. The maximum Gasteiger partial charge on any atom is 0.236 e. The molecule has 37 heavy (non-hydrogen) atoms. The average Bonchev–Trinajstić information content (AvgIpc) is 3.54. The summed E-state index contributed by atoms with van der Waals surface area (Å²) in [4.78, 5) is 10.1. The number of rotatable bonds is 2. The zero-order valence-corrected chi connectivity index (χ0v) is 20.7. The van der Waals surface area contributed by atoms with Crippen LogP contribution in [0.2, 0.25) is 0 Å². The van der Waals surface area contributed by atoms with E-state index in [2.05, 4.69) is 120 Å². The maximum absolute atomic E-state index is 5.23. The monoisotopic (exact) mass is 476 g/mol. The van der Waals surface area contributed by atoms with E-state index in [1.165, 1.54) is 38.5 Å². The minimum atomic E-state index is -0.183. The summed E-state index contributed by atoms with van der Waals surface area (Å²) in [5, 5.41) is 3.69. The van der Waals surface area contributed by atoms with Crippen LogP contribution in [0, 0.1) is 0 Å². The molecule has 0 aliphatic heterocycles. The number of nitrogens with zero attached hydrogens (tertiary/aromatic N) is 4. The van der Waals surface area contributed by atoms with E-state index in [-0.39, 0.29) is 5.41 Å². The molecule has 0 saturated heterocycles. The molecule has 176 valence electrons. The topological polar surface area (TPSA) is 35.6 Å². The van der Waals surface area contributed by atoms with Gasteiger partial charge in [-0.3, -0.25) is 9.13 Å². The van der Waals surface area contributed by atoms with Crippen LogP contribution in [-0.2, 0) is 5.41 Å². The van der Waals surface area contributed by atoms with Crippen LogP contribution in [0.25, 0.3) is 55.6 Å². The Balaban J connectivity index is 1.45. The van der Waals surface area contributed by atoms with Crippen LogP contribution in [0.1, 0.15) is 25.1 Å². The first-order valence-corrected chi connectivity index (χ1v) is 12.7. The fourth-order valence-corrected chi connectivity index (χ4v) is 6.43. The van der Waals surface area contributed by atoms with Crippen molar-refractivity contribution in [2.45, 2.75) is 19.3 Å². The molecule has 0 saturated carbocycles. The molecule has 0 spiro atoms. The molecule has 0 amide bonds. The van der Waals surface area contributed by atoms with Crippen molar-refractivity contribution >= 4 is 32.7 Å². The molecule has 4 nitrogen and oxygen atoms in total. The third-order valence-corrected chi connectivity index (χ3v) is 7.97. The third kappa shape index (κ3) is 2.62. The van der Waals surface area contributed by atoms with Crippen LogP contribution in [0.15, 0.2) is 109 Å². The minimum Gasteiger partial charge on any atom is -0.294 e. The Bertz CT molecular complexity index is 1970. The van der Waals surface area contributed by atoms with Crippen LogP contribution in [-0.4, -0.2) is 19.1 Å². The lowest BCUT2D eigenvalue weighted by Crippen LogP contribution is -2.21. The van der Waals surface area contributed by atoms with E-state index in [4.69, 9.17) is 9.97 Å². The fraction of sp³-hybridized carbons (Fsp3) is 0.0909. The van der Waals surface area contributed by atoms with E-state index in [1.807, 2.05) is 12.3 Å². The predicted octanol–water partition coefficient (Wildman–Crippen LogP) is 7.82. The first-order chi connectivity index (χ1) is 18.1. The van der Waals surface area contributed by atoms with E-state index in [1.54, 1.807) is 0 Å². The predicted molar refractivity (Wildman–Crippen MR) is 151 cm³/mol. The van der Waals surface area contributed by atoms with Crippen molar-refractivity contribution < 1.29 is 0 Å². The first kappa shape index (κ1) is 20.5. The number of para-hydroxylation sites is 3. The molecule has 8 rings (SSSR count). The summed E-state index contributed by atoms with van der Waals surface area (Å²) < 4.78 is 4.53. The Labute approximate surface area is 214 Å². The molecule has 1 aliphatic rings. The molecule has 3 aromatic heterocycles. The highest BCUT2D eigenvalue weighted by molar-refractivity contribution is 6.09. The van der Waals surface area contributed by atoms with Gasteiger partial charge in [0.2, 0.25) is 5.95 Å². The number of hydrogen-bond donors (Lipinski definition) is 0. The van der Waals surface area contributed by atoms with Gasteiger partial charge in [-0.2, -0.15) is 4.98 Å². The quantitative estimate of drug-likeness (QED) is 0.255. The molecule has 4 aromatic carbocycles. The van der Waals surface area contributed by atoms with Gasteiger partial charge in [0.1, 0.15) is 5.82 Å². The second-order valence-electron chi connectivity index (χ2n) is 10.3. The highest BCUT2D eigenvalue weighted by Crippen LogP contribution is 2.53. The molecular weight excluding hydrogens is 452 g/mol. The number of aromatic nitrogens is 4. The lowest BCUT2D eigenvalue weighted by molar-refractivity contribution is 0.617.